The van der Waals surface area contributed by atoms with E-state index in [4.69, 9.17) is 9.47 Å². The largest absolute Gasteiger partial charge is 0.490 e. The minimum Gasteiger partial charge on any atom is -0.490 e. The lowest BCUT2D eigenvalue weighted by Gasteiger charge is -2.14. The normalized spacial score (nSPS) is 14.3. The predicted molar refractivity (Wildman–Crippen MR) is 133 cm³/mol. The molecule has 0 radical (unpaired) electrons. The molecule has 0 aromatic heterocycles. The monoisotopic (exact) mass is 454 g/mol. The molecular weight excluding hydrogens is 428 g/mol. The summed E-state index contributed by atoms with van der Waals surface area (Å²) in [7, 11) is 0. The second-order valence-electron chi connectivity index (χ2n) is 7.81. The van der Waals surface area contributed by atoms with Crippen molar-refractivity contribution in [1.82, 2.24) is 5.43 Å². The molecule has 0 spiro atoms. The van der Waals surface area contributed by atoms with Gasteiger partial charge in [-0.15, -0.1) is 6.58 Å². The summed E-state index contributed by atoms with van der Waals surface area (Å²) >= 11 is 0. The lowest BCUT2D eigenvalue weighted by Crippen LogP contribution is -2.35. The lowest BCUT2D eigenvalue weighted by atomic mass is 10.1. The summed E-state index contributed by atoms with van der Waals surface area (Å²) in [4.78, 5) is 25.5. The first-order valence-electron chi connectivity index (χ1n) is 11.0. The van der Waals surface area contributed by atoms with E-state index in [0.717, 1.165) is 23.3 Å². The first-order valence-corrected chi connectivity index (χ1v) is 11.0. The number of para-hydroxylation sites is 2. The average molecular weight is 455 g/mol. The Hall–Kier alpha value is -4.32. The quantitative estimate of drug-likeness (QED) is 0.221. The number of carbonyl (C=O) groups excluding carboxylic acids is 2. The van der Waals surface area contributed by atoms with E-state index >= 15 is 0 Å². The number of rotatable bonds is 9. The molecule has 3 aromatic carbocycles. The molecule has 0 atom stereocenters. The van der Waals surface area contributed by atoms with E-state index in [9.17, 15) is 9.59 Å². The fourth-order valence-electron chi connectivity index (χ4n) is 3.66. The molecule has 34 heavy (non-hydrogen) atoms. The van der Waals surface area contributed by atoms with Gasteiger partial charge in [-0.05, 0) is 55.3 Å². The summed E-state index contributed by atoms with van der Waals surface area (Å²) in [5.41, 5.74) is 5.97. The number of nitrogens with one attached hydrogen (secondary N) is 1. The molecule has 4 rings (SSSR count). The van der Waals surface area contributed by atoms with Crippen LogP contribution < -0.4 is 19.9 Å². The van der Waals surface area contributed by atoms with Crippen LogP contribution in [0.3, 0.4) is 0 Å². The van der Waals surface area contributed by atoms with Gasteiger partial charge in [0, 0.05) is 5.56 Å². The highest BCUT2D eigenvalue weighted by Gasteiger charge is 2.34. The maximum absolute atomic E-state index is 12.9. The predicted octanol–water partition coefficient (Wildman–Crippen LogP) is 4.64. The standard InChI is InChI=1S/C28H26N2O4/c1-3-9-21-10-7-8-13-25(21)33-16-17-34-26-15-14-20(2)18-22(26)19-24-27(31)29-30(28(24)32)23-11-5-4-6-12-23/h3-8,10-15,18-19H,1,9,16-17H2,2H3,(H,29,31). The number of amides is 2. The van der Waals surface area contributed by atoms with Gasteiger partial charge >= 0.3 is 0 Å². The lowest BCUT2D eigenvalue weighted by molar-refractivity contribution is -0.117. The van der Waals surface area contributed by atoms with Crippen molar-refractivity contribution < 1.29 is 19.1 Å². The molecule has 1 aliphatic rings. The van der Waals surface area contributed by atoms with Crippen molar-refractivity contribution in [1.29, 1.82) is 0 Å². The molecule has 1 fully saturated rings. The molecule has 0 bridgehead atoms. The number of aryl methyl sites for hydroxylation is 1. The van der Waals surface area contributed by atoms with Crippen LogP contribution in [0.5, 0.6) is 11.5 Å². The molecule has 1 heterocycles. The van der Waals surface area contributed by atoms with Gasteiger partial charge < -0.3 is 9.47 Å². The van der Waals surface area contributed by atoms with E-state index in [2.05, 4.69) is 12.0 Å². The molecule has 2 amide bonds. The van der Waals surface area contributed by atoms with Gasteiger partial charge in [-0.1, -0.05) is 54.1 Å². The van der Waals surface area contributed by atoms with Gasteiger partial charge in [0.1, 0.15) is 30.3 Å². The van der Waals surface area contributed by atoms with Gasteiger partial charge in [0.15, 0.2) is 0 Å². The number of nitrogens with zero attached hydrogens (tertiary/aromatic N) is 1. The molecule has 1 N–H and O–H groups in total. The van der Waals surface area contributed by atoms with E-state index in [1.165, 1.54) is 5.01 Å². The fraction of sp³-hybridized carbons (Fsp3) is 0.143. The number of allylic oxidation sites excluding steroid dienone is 1. The summed E-state index contributed by atoms with van der Waals surface area (Å²) < 4.78 is 11.9. The van der Waals surface area contributed by atoms with Crippen LogP contribution >= 0.6 is 0 Å². The number of anilines is 1. The Morgan fingerprint density at radius 2 is 1.62 bits per heavy atom. The number of carbonyl (C=O) groups is 2. The molecule has 0 saturated carbocycles. The number of benzene rings is 3. The summed E-state index contributed by atoms with van der Waals surface area (Å²) in [6.45, 7) is 6.38. The zero-order valence-corrected chi connectivity index (χ0v) is 19.0. The highest BCUT2D eigenvalue weighted by Crippen LogP contribution is 2.26. The molecule has 1 aliphatic heterocycles. The van der Waals surface area contributed by atoms with Crippen LogP contribution in [0, 0.1) is 6.92 Å². The van der Waals surface area contributed by atoms with Crippen molar-refractivity contribution in [2.75, 3.05) is 18.2 Å². The van der Waals surface area contributed by atoms with E-state index in [0.29, 0.717) is 30.2 Å². The minimum absolute atomic E-state index is 0.0499. The SMILES string of the molecule is C=CCc1ccccc1OCCOc1ccc(C)cc1C=C1C(=O)NN(c2ccccc2)C1=O. The van der Waals surface area contributed by atoms with Gasteiger partial charge in [0.05, 0.1) is 5.69 Å². The second kappa shape index (κ2) is 10.5. The smallest absolute Gasteiger partial charge is 0.282 e. The van der Waals surface area contributed by atoms with Crippen molar-refractivity contribution in [3.63, 3.8) is 0 Å². The van der Waals surface area contributed by atoms with Gasteiger partial charge in [-0.25, -0.2) is 5.01 Å². The van der Waals surface area contributed by atoms with E-state index in [-0.39, 0.29) is 5.57 Å². The zero-order chi connectivity index (χ0) is 23.9. The van der Waals surface area contributed by atoms with Crippen molar-refractivity contribution in [2.45, 2.75) is 13.3 Å². The van der Waals surface area contributed by atoms with Crippen LogP contribution in [-0.4, -0.2) is 25.0 Å². The maximum atomic E-state index is 12.9. The Kier molecular flexibility index (Phi) is 7.08. The molecule has 6 nitrogen and oxygen atoms in total. The summed E-state index contributed by atoms with van der Waals surface area (Å²) in [6, 6.07) is 22.4. The molecule has 3 aromatic rings. The molecule has 0 aliphatic carbocycles. The summed E-state index contributed by atoms with van der Waals surface area (Å²) in [6.07, 6.45) is 4.14. The van der Waals surface area contributed by atoms with Crippen molar-refractivity contribution >= 4 is 23.6 Å². The molecular formula is C28H26N2O4. The Labute approximate surface area is 199 Å². The van der Waals surface area contributed by atoms with Crippen LogP contribution in [0.1, 0.15) is 16.7 Å². The Balaban J connectivity index is 1.47. The van der Waals surface area contributed by atoms with Crippen LogP contribution in [-0.2, 0) is 16.0 Å². The van der Waals surface area contributed by atoms with Crippen LogP contribution in [0.2, 0.25) is 0 Å². The summed E-state index contributed by atoms with van der Waals surface area (Å²) in [5, 5.41) is 1.25. The molecule has 0 unspecified atom stereocenters. The van der Waals surface area contributed by atoms with E-state index < -0.39 is 11.8 Å². The third kappa shape index (κ3) is 5.18. The van der Waals surface area contributed by atoms with Gasteiger partial charge in [0.25, 0.3) is 11.8 Å². The van der Waals surface area contributed by atoms with Crippen LogP contribution in [0.25, 0.3) is 6.08 Å². The van der Waals surface area contributed by atoms with Crippen molar-refractivity contribution in [3.05, 3.63) is 108 Å². The third-order valence-electron chi connectivity index (χ3n) is 5.31. The topological polar surface area (TPSA) is 67.9 Å². The van der Waals surface area contributed by atoms with Gasteiger partial charge in [-0.3, -0.25) is 15.0 Å². The van der Waals surface area contributed by atoms with Crippen LogP contribution in [0.15, 0.2) is 91.0 Å². The Morgan fingerprint density at radius 1 is 0.912 bits per heavy atom. The number of ether oxygens (including phenoxy) is 2. The van der Waals surface area contributed by atoms with E-state index in [1.54, 1.807) is 30.3 Å². The molecule has 172 valence electrons. The number of hydrogen-bond acceptors (Lipinski definition) is 4. The van der Waals surface area contributed by atoms with Crippen molar-refractivity contribution in [2.24, 2.45) is 0 Å². The second-order valence-corrected chi connectivity index (χ2v) is 7.81. The third-order valence-corrected chi connectivity index (χ3v) is 5.31. The van der Waals surface area contributed by atoms with Gasteiger partial charge in [-0.2, -0.15) is 0 Å². The molecule has 6 heteroatoms. The minimum atomic E-state index is -0.455. The first-order chi connectivity index (χ1) is 16.6. The van der Waals surface area contributed by atoms with E-state index in [1.807, 2.05) is 61.5 Å². The van der Waals surface area contributed by atoms with Gasteiger partial charge in [0.2, 0.25) is 0 Å². The fourth-order valence-corrected chi connectivity index (χ4v) is 3.66. The highest BCUT2D eigenvalue weighted by molar-refractivity contribution is 6.31. The Morgan fingerprint density at radius 3 is 2.38 bits per heavy atom. The zero-order valence-electron chi connectivity index (χ0n) is 19.0. The number of hydrazine groups is 1. The highest BCUT2D eigenvalue weighted by atomic mass is 16.5. The molecule has 1 saturated heterocycles. The average Bonchev–Trinajstić information content (AvgIpc) is 3.13. The Bertz CT molecular complexity index is 1230. The summed E-state index contributed by atoms with van der Waals surface area (Å²) in [5.74, 6) is 0.501. The number of hydrogen-bond donors (Lipinski definition) is 1. The van der Waals surface area contributed by atoms with Crippen LogP contribution in [0.4, 0.5) is 5.69 Å². The maximum Gasteiger partial charge on any atom is 0.282 e. The van der Waals surface area contributed by atoms with Crippen molar-refractivity contribution in [3.8, 4) is 11.5 Å². The first kappa shape index (κ1) is 22.9.